The van der Waals surface area contributed by atoms with Gasteiger partial charge in [0.25, 0.3) is 11.8 Å². The minimum atomic E-state index is -5.39. The van der Waals surface area contributed by atoms with E-state index >= 15 is 0 Å². The summed E-state index contributed by atoms with van der Waals surface area (Å²) >= 11 is 0. The summed E-state index contributed by atoms with van der Waals surface area (Å²) in [6.07, 6.45) is 0. The number of aliphatic hydroxyl groups is 2. The van der Waals surface area contributed by atoms with Crippen molar-refractivity contribution in [3.63, 3.8) is 0 Å². The lowest BCUT2D eigenvalue weighted by Crippen LogP contribution is -2.14. The molecule has 18 heteroatoms. The SMILES string of the molecule is CC(O)=C(N=Nc1cc(S(=O)(=O)[O-])c(-c2cc(C)c(N=NC(C(=O)Nc3ccccc3)=C(C)O)cc2S(=O)(=O)[O-])cc1C)C(=O)Nc1ccccc1. The van der Waals surface area contributed by atoms with Crippen molar-refractivity contribution in [2.45, 2.75) is 37.5 Å². The van der Waals surface area contributed by atoms with Crippen LogP contribution in [0.5, 0.6) is 0 Å². The molecule has 2 amide bonds. The zero-order valence-electron chi connectivity index (χ0n) is 27.8. The number of amides is 2. The van der Waals surface area contributed by atoms with Crippen LogP contribution in [0.25, 0.3) is 11.1 Å². The molecule has 0 bridgehead atoms. The van der Waals surface area contributed by atoms with Gasteiger partial charge in [0.1, 0.15) is 31.8 Å². The lowest BCUT2D eigenvalue weighted by atomic mass is 9.99. The molecule has 0 aliphatic carbocycles. The van der Waals surface area contributed by atoms with Crippen molar-refractivity contribution in [1.29, 1.82) is 0 Å². The number of para-hydroxylation sites is 2. The van der Waals surface area contributed by atoms with Crippen LogP contribution in [0.1, 0.15) is 25.0 Å². The molecule has 270 valence electrons. The van der Waals surface area contributed by atoms with Crippen LogP contribution in [-0.2, 0) is 29.8 Å². The van der Waals surface area contributed by atoms with Crippen molar-refractivity contribution < 1.29 is 45.7 Å². The third-order valence-electron chi connectivity index (χ3n) is 7.12. The van der Waals surface area contributed by atoms with E-state index in [1.54, 1.807) is 60.7 Å². The molecule has 0 saturated carbocycles. The van der Waals surface area contributed by atoms with Crippen molar-refractivity contribution in [2.75, 3.05) is 10.6 Å². The highest BCUT2D eigenvalue weighted by Gasteiger charge is 2.22. The second kappa shape index (κ2) is 15.9. The van der Waals surface area contributed by atoms with Gasteiger partial charge in [-0.15, -0.1) is 20.5 Å². The van der Waals surface area contributed by atoms with E-state index < -0.39 is 75.9 Å². The van der Waals surface area contributed by atoms with Crippen LogP contribution >= 0.6 is 0 Å². The van der Waals surface area contributed by atoms with Gasteiger partial charge in [0.15, 0.2) is 11.4 Å². The van der Waals surface area contributed by atoms with Crippen molar-refractivity contribution in [1.82, 2.24) is 0 Å². The summed E-state index contributed by atoms with van der Waals surface area (Å²) in [5, 5.41) is 40.5. The molecule has 0 aromatic heterocycles. The summed E-state index contributed by atoms with van der Waals surface area (Å²) < 4.78 is 75.2. The number of aryl methyl sites for hydroxylation is 2. The van der Waals surface area contributed by atoms with Crippen molar-refractivity contribution in [3.05, 3.63) is 119 Å². The van der Waals surface area contributed by atoms with Gasteiger partial charge in [-0.3, -0.25) is 9.59 Å². The number of azo groups is 2. The maximum Gasteiger partial charge on any atom is 0.279 e. The van der Waals surface area contributed by atoms with E-state index in [9.17, 15) is 45.7 Å². The number of hydrogen-bond acceptors (Lipinski definition) is 14. The Balaban J connectivity index is 1.79. The molecule has 0 aliphatic heterocycles. The third-order valence-corrected chi connectivity index (χ3v) is 8.87. The first-order chi connectivity index (χ1) is 24.4. The molecular weight excluding hydrogens is 717 g/mol. The Kier molecular flexibility index (Phi) is 11.8. The van der Waals surface area contributed by atoms with Gasteiger partial charge in [0.05, 0.1) is 21.2 Å². The van der Waals surface area contributed by atoms with Crippen molar-refractivity contribution in [3.8, 4) is 11.1 Å². The van der Waals surface area contributed by atoms with E-state index in [0.29, 0.717) is 11.4 Å². The summed E-state index contributed by atoms with van der Waals surface area (Å²) in [7, 11) is -10.8. The molecule has 4 aromatic carbocycles. The summed E-state index contributed by atoms with van der Waals surface area (Å²) in [5.74, 6) is -2.77. The molecule has 0 aliphatic rings. The van der Waals surface area contributed by atoms with E-state index in [2.05, 4.69) is 31.1 Å². The number of anilines is 2. The minimum Gasteiger partial charge on any atom is -0.744 e. The summed E-state index contributed by atoms with van der Waals surface area (Å²) in [4.78, 5) is 23.6. The molecule has 0 atom stereocenters. The number of allylic oxidation sites excluding steroid dienone is 2. The summed E-state index contributed by atoms with van der Waals surface area (Å²) in [5.41, 5.74) is -1.51. The minimum absolute atomic E-state index is 0.123. The first-order valence-electron chi connectivity index (χ1n) is 14.9. The molecule has 0 unspecified atom stereocenters. The molecule has 4 rings (SSSR count). The molecule has 0 radical (unpaired) electrons. The van der Waals surface area contributed by atoms with E-state index in [0.717, 1.165) is 24.3 Å². The second-order valence-electron chi connectivity index (χ2n) is 11.1. The predicted octanol–water partition coefficient (Wildman–Crippen LogP) is 6.80. The zero-order valence-corrected chi connectivity index (χ0v) is 29.5. The number of nitrogens with zero attached hydrogens (tertiary/aromatic N) is 4. The van der Waals surface area contributed by atoms with Gasteiger partial charge in [-0.2, -0.15) is 0 Å². The van der Waals surface area contributed by atoms with Gasteiger partial charge >= 0.3 is 0 Å². The molecule has 16 nitrogen and oxygen atoms in total. The molecule has 0 saturated heterocycles. The van der Waals surface area contributed by atoms with Gasteiger partial charge in [0.2, 0.25) is 0 Å². The second-order valence-corrected chi connectivity index (χ2v) is 13.8. The fourth-order valence-electron chi connectivity index (χ4n) is 4.60. The van der Waals surface area contributed by atoms with Crippen molar-refractivity contribution >= 4 is 54.8 Å². The van der Waals surface area contributed by atoms with E-state index in [1.807, 2.05) is 0 Å². The number of aliphatic hydroxyl groups excluding tert-OH is 2. The van der Waals surface area contributed by atoms with Gasteiger partial charge < -0.3 is 30.0 Å². The quantitative estimate of drug-likeness (QED) is 0.0539. The van der Waals surface area contributed by atoms with Crippen LogP contribution in [-0.4, -0.2) is 48.0 Å². The van der Waals surface area contributed by atoms with Gasteiger partial charge in [-0.25, -0.2) is 16.8 Å². The van der Waals surface area contributed by atoms with Crippen LogP contribution in [0, 0.1) is 13.8 Å². The third kappa shape index (κ3) is 9.58. The summed E-state index contributed by atoms with van der Waals surface area (Å²) in [6, 6.07) is 20.1. The standard InChI is InChI=1S/C34H32N6O10S2/c1-19-15-25(29(51(45,46)47)17-27(19)37-39-31(21(3)41)33(43)35-23-11-7-5-8-12-23)26-16-20(2)28(18-30(26)52(48,49)50)38-40-32(22(4)42)34(44)36-24-13-9-6-10-14-24/h5-18,41-42H,1-4H3,(H,35,43)(H,36,44)(H,45,46,47)(H,48,49,50)/p-2. The van der Waals surface area contributed by atoms with Gasteiger partial charge in [-0.05, 0) is 87.4 Å². The highest BCUT2D eigenvalue weighted by Crippen LogP contribution is 2.40. The van der Waals surface area contributed by atoms with Gasteiger partial charge in [-0.1, -0.05) is 36.4 Å². The smallest absolute Gasteiger partial charge is 0.279 e. The Morgan fingerprint density at radius 3 is 1.21 bits per heavy atom. The Morgan fingerprint density at radius 2 is 0.923 bits per heavy atom. The maximum absolute atomic E-state index is 12.8. The molecule has 0 spiro atoms. The number of nitrogens with one attached hydrogen (secondary N) is 2. The number of rotatable bonds is 11. The zero-order chi connectivity index (χ0) is 38.4. The normalized spacial score (nSPS) is 13.1. The fourth-order valence-corrected chi connectivity index (χ4v) is 5.99. The molecular formula is C34H30N6O10S2-2. The van der Waals surface area contributed by atoms with Crippen LogP contribution in [0.2, 0.25) is 0 Å². The molecule has 0 fully saturated rings. The number of benzene rings is 4. The highest BCUT2D eigenvalue weighted by molar-refractivity contribution is 7.86. The van der Waals surface area contributed by atoms with Crippen LogP contribution in [0.4, 0.5) is 22.7 Å². The first-order valence-corrected chi connectivity index (χ1v) is 17.8. The van der Waals surface area contributed by atoms with Gasteiger partial charge in [0, 0.05) is 22.5 Å². The van der Waals surface area contributed by atoms with Crippen molar-refractivity contribution in [2.24, 2.45) is 20.5 Å². The lowest BCUT2D eigenvalue weighted by Gasteiger charge is -2.20. The monoisotopic (exact) mass is 746 g/mol. The number of carbonyl (C=O) groups excluding carboxylic acids is 2. The van der Waals surface area contributed by atoms with E-state index in [1.165, 1.54) is 27.7 Å². The topological polar surface area (TPSA) is 262 Å². The fraction of sp³-hybridized carbons (Fsp3) is 0.118. The first kappa shape index (κ1) is 38.7. The molecule has 4 N–H and O–H groups in total. The van der Waals surface area contributed by atoms with Crippen LogP contribution < -0.4 is 10.6 Å². The number of carbonyl (C=O) groups is 2. The average molecular weight is 747 g/mol. The Labute approximate surface area is 298 Å². The Hall–Kier alpha value is -6.08. The molecule has 0 heterocycles. The molecule has 4 aromatic rings. The maximum atomic E-state index is 12.8. The van der Waals surface area contributed by atoms with Crippen LogP contribution in [0.3, 0.4) is 0 Å². The Bertz CT molecular complexity index is 2220. The average Bonchev–Trinajstić information content (AvgIpc) is 3.05. The largest absolute Gasteiger partial charge is 0.744 e. The predicted molar refractivity (Wildman–Crippen MR) is 187 cm³/mol. The number of hydrogen-bond donors (Lipinski definition) is 4. The lowest BCUT2D eigenvalue weighted by molar-refractivity contribution is -0.113. The van der Waals surface area contributed by atoms with E-state index in [-0.39, 0.29) is 22.5 Å². The van der Waals surface area contributed by atoms with Crippen LogP contribution in [0.15, 0.2) is 138 Å². The highest BCUT2D eigenvalue weighted by atomic mass is 32.2. The Morgan fingerprint density at radius 1 is 0.596 bits per heavy atom. The molecule has 52 heavy (non-hydrogen) atoms. The van der Waals surface area contributed by atoms with E-state index in [4.69, 9.17) is 0 Å². The summed E-state index contributed by atoms with van der Waals surface area (Å²) in [6.45, 7) is 5.15.